The molecule has 1 aliphatic heterocycles. The fourth-order valence-electron chi connectivity index (χ4n) is 3.06. The number of ether oxygens (including phenoxy) is 1. The Kier molecular flexibility index (Phi) is 5.82. The van der Waals surface area contributed by atoms with Gasteiger partial charge in [0.15, 0.2) is 5.78 Å². The summed E-state index contributed by atoms with van der Waals surface area (Å²) in [6.45, 7) is 6.52. The number of carbonyl (C=O) groups is 2. The number of rotatable bonds is 7. The third kappa shape index (κ3) is 4.77. The van der Waals surface area contributed by atoms with E-state index in [0.717, 1.165) is 0 Å². The number of hydrogen-bond donors (Lipinski definition) is 3. The van der Waals surface area contributed by atoms with E-state index in [1.165, 1.54) is 0 Å². The van der Waals surface area contributed by atoms with Crippen LogP contribution in [0.5, 0.6) is 5.75 Å². The third-order valence-corrected chi connectivity index (χ3v) is 4.46. The minimum absolute atomic E-state index is 0.0698. The molecule has 1 unspecified atom stereocenters. The summed E-state index contributed by atoms with van der Waals surface area (Å²) in [6, 6.07) is 12.2. The summed E-state index contributed by atoms with van der Waals surface area (Å²) in [7, 11) is 0. The Morgan fingerprint density at radius 3 is 2.64 bits per heavy atom. The first kappa shape index (κ1) is 20.0. The van der Waals surface area contributed by atoms with E-state index < -0.39 is 6.10 Å². The first-order chi connectivity index (χ1) is 13.2. The van der Waals surface area contributed by atoms with E-state index in [-0.39, 0.29) is 30.3 Å². The van der Waals surface area contributed by atoms with Gasteiger partial charge in [-0.2, -0.15) is 0 Å². The second-order valence-electron chi connectivity index (χ2n) is 7.98. The molecule has 28 heavy (non-hydrogen) atoms. The Balaban J connectivity index is 1.75. The normalized spacial score (nSPS) is 14.4. The lowest BCUT2D eigenvalue weighted by molar-refractivity contribution is -0.115. The number of ketones is 1. The first-order valence-corrected chi connectivity index (χ1v) is 9.36. The SMILES string of the molecule is CC(C)(C)NCC(O)COc1ccccc1C(=O)c1cccc2c1CC(=O)N2. The van der Waals surface area contributed by atoms with Crippen molar-refractivity contribution < 1.29 is 19.4 Å². The molecule has 1 aliphatic rings. The number of nitrogens with one attached hydrogen (secondary N) is 2. The molecule has 1 heterocycles. The quantitative estimate of drug-likeness (QED) is 0.641. The van der Waals surface area contributed by atoms with Crippen LogP contribution in [0.15, 0.2) is 42.5 Å². The molecule has 0 saturated carbocycles. The maximum absolute atomic E-state index is 13.1. The molecule has 0 bridgehead atoms. The zero-order valence-corrected chi connectivity index (χ0v) is 16.4. The van der Waals surface area contributed by atoms with E-state index in [2.05, 4.69) is 10.6 Å². The van der Waals surface area contributed by atoms with E-state index in [4.69, 9.17) is 4.74 Å². The van der Waals surface area contributed by atoms with Gasteiger partial charge in [0.1, 0.15) is 18.5 Å². The third-order valence-electron chi connectivity index (χ3n) is 4.46. The zero-order valence-electron chi connectivity index (χ0n) is 16.4. The highest BCUT2D eigenvalue weighted by Crippen LogP contribution is 2.30. The lowest BCUT2D eigenvalue weighted by Gasteiger charge is -2.23. The van der Waals surface area contributed by atoms with Crippen LogP contribution < -0.4 is 15.4 Å². The molecule has 3 N–H and O–H groups in total. The standard InChI is InChI=1S/C22H26N2O4/c1-22(2,3)23-12-14(25)13-28-19-10-5-4-7-16(19)21(27)15-8-6-9-18-17(15)11-20(26)24-18/h4-10,14,23,25H,11-13H2,1-3H3,(H,24,26). The van der Waals surface area contributed by atoms with Gasteiger partial charge in [-0.1, -0.05) is 24.3 Å². The zero-order chi connectivity index (χ0) is 20.3. The van der Waals surface area contributed by atoms with Gasteiger partial charge in [-0.25, -0.2) is 0 Å². The molecule has 0 saturated heterocycles. The van der Waals surface area contributed by atoms with Crippen molar-refractivity contribution in [2.45, 2.75) is 38.8 Å². The molecule has 0 fully saturated rings. The van der Waals surface area contributed by atoms with Gasteiger partial charge in [-0.05, 0) is 44.5 Å². The number of aliphatic hydroxyl groups is 1. The van der Waals surface area contributed by atoms with Gasteiger partial charge >= 0.3 is 0 Å². The summed E-state index contributed by atoms with van der Waals surface area (Å²) >= 11 is 0. The number of amides is 1. The highest BCUT2D eigenvalue weighted by Gasteiger charge is 2.25. The van der Waals surface area contributed by atoms with Gasteiger partial charge in [-0.3, -0.25) is 9.59 Å². The molecule has 0 radical (unpaired) electrons. The lowest BCUT2D eigenvalue weighted by atomic mass is 9.96. The predicted molar refractivity (Wildman–Crippen MR) is 108 cm³/mol. The van der Waals surface area contributed by atoms with Gasteiger partial charge in [-0.15, -0.1) is 0 Å². The first-order valence-electron chi connectivity index (χ1n) is 9.36. The predicted octanol–water partition coefficient (Wildman–Crippen LogP) is 2.54. The average Bonchev–Trinajstić information content (AvgIpc) is 3.04. The maximum Gasteiger partial charge on any atom is 0.228 e. The van der Waals surface area contributed by atoms with Crippen LogP contribution in [0.3, 0.4) is 0 Å². The Hall–Kier alpha value is -2.70. The van der Waals surface area contributed by atoms with Crippen molar-refractivity contribution in [2.24, 2.45) is 0 Å². The fourth-order valence-corrected chi connectivity index (χ4v) is 3.06. The van der Waals surface area contributed by atoms with Crippen LogP contribution in [-0.2, 0) is 11.2 Å². The number of anilines is 1. The van der Waals surface area contributed by atoms with Crippen molar-refractivity contribution in [3.05, 3.63) is 59.2 Å². The topological polar surface area (TPSA) is 87.7 Å². The lowest BCUT2D eigenvalue weighted by Crippen LogP contribution is -2.42. The summed E-state index contributed by atoms with van der Waals surface area (Å²) in [5, 5.41) is 16.1. The molecule has 3 rings (SSSR count). The molecule has 2 aromatic rings. The van der Waals surface area contributed by atoms with Gasteiger partial charge in [0, 0.05) is 23.3 Å². The molecule has 2 aromatic carbocycles. The van der Waals surface area contributed by atoms with Gasteiger partial charge in [0.2, 0.25) is 5.91 Å². The summed E-state index contributed by atoms with van der Waals surface area (Å²) < 4.78 is 5.75. The Bertz CT molecular complexity index is 886. The van der Waals surface area contributed by atoms with Crippen LogP contribution in [-0.4, -0.2) is 41.6 Å². The van der Waals surface area contributed by atoms with E-state index in [1.54, 1.807) is 42.5 Å². The van der Waals surface area contributed by atoms with Crippen LogP contribution in [0, 0.1) is 0 Å². The summed E-state index contributed by atoms with van der Waals surface area (Å²) in [5.41, 5.74) is 2.18. The van der Waals surface area contributed by atoms with Gasteiger partial charge in [0.05, 0.1) is 12.0 Å². The molecule has 1 atom stereocenters. The van der Waals surface area contributed by atoms with Crippen molar-refractivity contribution in [2.75, 3.05) is 18.5 Å². The second-order valence-corrected chi connectivity index (χ2v) is 7.98. The minimum atomic E-state index is -0.704. The van der Waals surface area contributed by atoms with Crippen molar-refractivity contribution in [3.63, 3.8) is 0 Å². The summed E-state index contributed by atoms with van der Waals surface area (Å²) in [4.78, 5) is 24.8. The molecule has 6 nitrogen and oxygen atoms in total. The molecule has 0 spiro atoms. The van der Waals surface area contributed by atoms with Crippen molar-refractivity contribution in [1.29, 1.82) is 0 Å². The Labute approximate surface area is 164 Å². The summed E-state index contributed by atoms with van der Waals surface area (Å²) in [5.74, 6) is 0.0951. The molecular weight excluding hydrogens is 356 g/mol. The summed E-state index contributed by atoms with van der Waals surface area (Å²) in [6.07, 6.45) is -0.512. The van der Waals surface area contributed by atoms with E-state index in [9.17, 15) is 14.7 Å². The average molecular weight is 382 g/mol. The monoisotopic (exact) mass is 382 g/mol. The number of hydrogen-bond acceptors (Lipinski definition) is 5. The smallest absolute Gasteiger partial charge is 0.228 e. The molecular formula is C22H26N2O4. The largest absolute Gasteiger partial charge is 0.490 e. The highest BCUT2D eigenvalue weighted by molar-refractivity contribution is 6.14. The van der Waals surface area contributed by atoms with Gasteiger partial charge in [0.25, 0.3) is 0 Å². The van der Waals surface area contributed by atoms with Crippen molar-refractivity contribution in [3.8, 4) is 5.75 Å². The van der Waals surface area contributed by atoms with E-state index in [0.29, 0.717) is 34.7 Å². The van der Waals surface area contributed by atoms with Crippen LogP contribution >= 0.6 is 0 Å². The highest BCUT2D eigenvalue weighted by atomic mass is 16.5. The molecule has 148 valence electrons. The van der Waals surface area contributed by atoms with Crippen molar-refractivity contribution >= 4 is 17.4 Å². The maximum atomic E-state index is 13.1. The fraction of sp³-hybridized carbons (Fsp3) is 0.364. The number of carbonyl (C=O) groups excluding carboxylic acids is 2. The van der Waals surface area contributed by atoms with Crippen LogP contribution in [0.2, 0.25) is 0 Å². The Morgan fingerprint density at radius 1 is 1.18 bits per heavy atom. The number of aliphatic hydroxyl groups excluding tert-OH is 1. The number of fused-ring (bicyclic) bond motifs is 1. The molecule has 0 aromatic heterocycles. The number of β-amino-alcohol motifs (C(OH)–C–C–N with tert-alkyl or cyclic N) is 1. The minimum Gasteiger partial charge on any atom is -0.490 e. The van der Waals surface area contributed by atoms with Crippen LogP contribution in [0.25, 0.3) is 0 Å². The second kappa shape index (κ2) is 8.12. The van der Waals surface area contributed by atoms with E-state index >= 15 is 0 Å². The van der Waals surface area contributed by atoms with Gasteiger partial charge < -0.3 is 20.5 Å². The molecule has 1 amide bonds. The molecule has 0 aliphatic carbocycles. The Morgan fingerprint density at radius 2 is 1.89 bits per heavy atom. The van der Waals surface area contributed by atoms with Crippen LogP contribution in [0.4, 0.5) is 5.69 Å². The number of para-hydroxylation sites is 1. The van der Waals surface area contributed by atoms with Crippen LogP contribution in [0.1, 0.15) is 42.3 Å². The number of benzene rings is 2. The van der Waals surface area contributed by atoms with Crippen molar-refractivity contribution in [1.82, 2.24) is 5.32 Å². The molecule has 6 heteroatoms. The van der Waals surface area contributed by atoms with E-state index in [1.807, 2.05) is 20.8 Å².